The highest BCUT2D eigenvalue weighted by Crippen LogP contribution is 2.66. The average Bonchev–Trinajstić information content (AvgIpc) is 3.03. The van der Waals surface area contributed by atoms with Crippen LogP contribution in [-0.2, 0) is 18.5 Å². The van der Waals surface area contributed by atoms with E-state index in [0.29, 0.717) is 17.3 Å². The Labute approximate surface area is 151 Å². The first kappa shape index (κ1) is 17.0. The second-order valence-electron chi connectivity index (χ2n) is 5.47. The van der Waals surface area contributed by atoms with Gasteiger partial charge in [0, 0.05) is 7.11 Å². The van der Waals surface area contributed by atoms with Crippen LogP contribution >= 0.6 is 35.3 Å². The molecule has 4 heterocycles. The van der Waals surface area contributed by atoms with Crippen molar-refractivity contribution in [1.82, 2.24) is 9.97 Å². The van der Waals surface area contributed by atoms with E-state index in [9.17, 15) is 4.89 Å². The van der Waals surface area contributed by atoms with Crippen molar-refractivity contribution in [2.75, 3.05) is 29.7 Å². The molecule has 2 unspecified atom stereocenters. The molecule has 0 saturated carbocycles. The van der Waals surface area contributed by atoms with E-state index in [1.165, 1.54) is 6.33 Å². The normalized spacial score (nSPS) is 41.0. The Hall–Kier alpha value is -0.460. The Morgan fingerprint density at radius 3 is 3.12 bits per heavy atom. The van der Waals surface area contributed by atoms with Crippen molar-refractivity contribution in [3.05, 3.63) is 6.33 Å². The van der Waals surface area contributed by atoms with E-state index in [2.05, 4.69) is 43.5 Å². The summed E-state index contributed by atoms with van der Waals surface area (Å²) in [5.41, 5.74) is 6.51. The Bertz CT molecular complexity index is 659. The van der Waals surface area contributed by atoms with Gasteiger partial charge in [0.2, 0.25) is 0 Å². The van der Waals surface area contributed by atoms with E-state index in [-0.39, 0.29) is 11.7 Å². The highest BCUT2D eigenvalue weighted by Gasteiger charge is 2.60. The minimum Gasteiger partial charge on any atom is -0.382 e. The van der Waals surface area contributed by atoms with Crippen LogP contribution in [0.4, 0.5) is 17.3 Å². The summed E-state index contributed by atoms with van der Waals surface area (Å²) in [5, 5.41) is 2.84. The van der Waals surface area contributed by atoms with Gasteiger partial charge in [0.05, 0.1) is 12.2 Å². The van der Waals surface area contributed by atoms with Gasteiger partial charge in [-0.15, -0.1) is 0 Å². The number of nitrogen functional groups attached to an aromatic ring is 1. The molecule has 132 valence electrons. The molecule has 0 spiro atoms. The molecule has 0 bridgehead atoms. The smallest absolute Gasteiger partial charge is 0.382 e. The molecule has 0 amide bonds. The van der Waals surface area contributed by atoms with Gasteiger partial charge in [0.15, 0.2) is 29.0 Å². The number of halogens is 1. The third-order valence-corrected chi connectivity index (χ3v) is 6.41. The van der Waals surface area contributed by atoms with Gasteiger partial charge in [-0.2, -0.15) is 13.9 Å². The third kappa shape index (κ3) is 2.65. The fourth-order valence-corrected chi connectivity index (χ4v) is 5.23. The average molecular weight is 441 g/mol. The summed E-state index contributed by atoms with van der Waals surface area (Å²) in [6.45, 7) is 0.168. The third-order valence-electron chi connectivity index (χ3n) is 4.11. The highest BCUT2D eigenvalue weighted by molar-refractivity contribution is 9.09. The fourth-order valence-electron chi connectivity index (χ4n) is 3.07. The largest absolute Gasteiger partial charge is 0.476 e. The highest BCUT2D eigenvalue weighted by atomic mass is 79.9. The van der Waals surface area contributed by atoms with E-state index in [1.807, 2.05) is 4.90 Å². The van der Waals surface area contributed by atoms with Gasteiger partial charge in [0.1, 0.15) is 30.8 Å². The predicted molar refractivity (Wildman–Crippen MR) is 93.7 cm³/mol. The number of methoxy groups -OCH3 is 1. The fraction of sp³-hybridized carbons (Fsp3) is 0.636. The number of anilines is 3. The van der Waals surface area contributed by atoms with Gasteiger partial charge in [-0.3, -0.25) is 4.90 Å². The Morgan fingerprint density at radius 2 is 2.38 bits per heavy atom. The van der Waals surface area contributed by atoms with Crippen LogP contribution in [-0.4, -0.2) is 58.2 Å². The number of nitrogens with zero attached hydrogens (tertiary/aromatic N) is 3. The number of fused-ring (bicyclic) bond motifs is 2. The maximum atomic E-state index is 9.98. The zero-order valence-electron chi connectivity index (χ0n) is 12.4. The van der Waals surface area contributed by atoms with Gasteiger partial charge in [-0.1, -0.05) is 0 Å². The van der Waals surface area contributed by atoms with Crippen molar-refractivity contribution in [2.24, 2.45) is 0 Å². The lowest BCUT2D eigenvalue weighted by Gasteiger charge is -2.31. The van der Waals surface area contributed by atoms with Gasteiger partial charge >= 0.3 is 7.15 Å². The first-order valence-electron chi connectivity index (χ1n) is 7.06. The van der Waals surface area contributed by atoms with Crippen LogP contribution in [0.3, 0.4) is 0 Å². The predicted octanol–water partition coefficient (Wildman–Crippen LogP) is 0.724. The second kappa shape index (κ2) is 6.06. The molecule has 6 atom stereocenters. The number of thiol groups is 1. The van der Waals surface area contributed by atoms with Crippen LogP contribution in [0.25, 0.3) is 0 Å². The zero-order valence-corrected chi connectivity index (χ0v) is 15.8. The quantitative estimate of drug-likeness (QED) is 0.226. The summed E-state index contributed by atoms with van der Waals surface area (Å²) in [5.74, 6) is 0.929. The van der Waals surface area contributed by atoms with Crippen molar-refractivity contribution in [1.29, 1.82) is 0 Å². The molecular weight excluding hydrogens is 425 g/mol. The number of ether oxygens (including phenoxy) is 2. The number of nitrogens with one attached hydrogen (secondary N) is 1. The lowest BCUT2D eigenvalue weighted by atomic mass is 10.1. The van der Waals surface area contributed by atoms with Crippen LogP contribution in [0, 0.1) is 0 Å². The minimum absolute atomic E-state index is 0.168. The van der Waals surface area contributed by atoms with Crippen LogP contribution < -0.4 is 16.0 Å². The molecule has 10 nitrogen and oxygen atoms in total. The first-order valence-corrected chi connectivity index (χ1v) is 10.7. The number of hydrogen-bond acceptors (Lipinski definition) is 11. The Morgan fingerprint density at radius 1 is 1.58 bits per heavy atom. The lowest BCUT2D eigenvalue weighted by molar-refractivity contribution is -0.0445. The van der Waals surface area contributed by atoms with Crippen LogP contribution in [0.5, 0.6) is 0 Å². The molecule has 2 fully saturated rings. The Balaban J connectivity index is 1.66. The number of hydrogen-bond donors (Lipinski definition) is 4. The molecule has 0 aromatic carbocycles. The van der Waals surface area contributed by atoms with Gasteiger partial charge < -0.3 is 20.5 Å². The maximum absolute atomic E-state index is 9.98. The first-order chi connectivity index (χ1) is 11.4. The molecule has 0 aliphatic carbocycles. The molecule has 0 radical (unpaired) electrons. The summed E-state index contributed by atoms with van der Waals surface area (Å²) in [6, 6.07) is 0. The molecule has 2 saturated heterocycles. The summed E-state index contributed by atoms with van der Waals surface area (Å²) in [7, 11) is -1.61. The van der Waals surface area contributed by atoms with Crippen molar-refractivity contribution in [3.8, 4) is 0 Å². The van der Waals surface area contributed by atoms with Gasteiger partial charge in [0.25, 0.3) is 0 Å². The molecule has 3 aliphatic heterocycles. The summed E-state index contributed by atoms with van der Waals surface area (Å²) >= 11 is 7.57. The zero-order chi connectivity index (χ0) is 17.1. The van der Waals surface area contributed by atoms with E-state index in [4.69, 9.17) is 24.3 Å². The maximum Gasteiger partial charge on any atom is 0.476 e. The lowest BCUT2D eigenvalue weighted by Crippen LogP contribution is -2.49. The molecule has 13 heteroatoms. The number of aromatic nitrogens is 2. The van der Waals surface area contributed by atoms with Crippen LogP contribution in [0.15, 0.2) is 6.33 Å². The van der Waals surface area contributed by atoms with Gasteiger partial charge in [-0.05, 0) is 15.9 Å². The number of nitrogens with two attached hydrogens (primary N) is 1. The van der Waals surface area contributed by atoms with E-state index < -0.39 is 31.7 Å². The number of rotatable bonds is 2. The van der Waals surface area contributed by atoms with Crippen molar-refractivity contribution < 1.29 is 23.4 Å². The second-order valence-corrected chi connectivity index (χ2v) is 9.30. The van der Waals surface area contributed by atoms with E-state index in [0.717, 1.165) is 0 Å². The van der Waals surface area contributed by atoms with Crippen LogP contribution in [0.2, 0.25) is 0 Å². The van der Waals surface area contributed by atoms with Crippen molar-refractivity contribution in [3.63, 3.8) is 0 Å². The molecule has 4 N–H and O–H groups in total. The summed E-state index contributed by atoms with van der Waals surface area (Å²) in [6.07, 6.45) is -0.535. The molecule has 1 aromatic heterocycles. The van der Waals surface area contributed by atoms with Crippen LogP contribution in [0.1, 0.15) is 0 Å². The molecule has 24 heavy (non-hydrogen) atoms. The standard InChI is InChI=1S/C11H16BrN5O5PS/c1-19-7-6-4(2-20-23(18,24)22-6)21-10(7)17-9-5(16-11(17)12)8(13)14-3-15-9/h3-4,6-7,10-11,16,18,24H,2H2,1H3,(H2,13,14,15)/q+1/t4-,6+,7+,10-,11?,23?/m1/s1. The summed E-state index contributed by atoms with van der Waals surface area (Å²) < 4.78 is 22.5. The minimum atomic E-state index is -3.16. The van der Waals surface area contributed by atoms with E-state index in [1.54, 1.807) is 7.11 Å². The molecule has 4 rings (SSSR count). The van der Waals surface area contributed by atoms with Crippen molar-refractivity contribution in [2.45, 2.75) is 29.6 Å². The topological polar surface area (TPSA) is 124 Å². The SMILES string of the molecule is CO[C@H]1[C@H]2O[P+](O)(S)OC[C@H]2O[C@H]1N1c2ncnc(N)c2NC1Br. The van der Waals surface area contributed by atoms with E-state index >= 15 is 0 Å². The molecule has 3 aliphatic rings. The van der Waals surface area contributed by atoms with Gasteiger partial charge in [-0.25, -0.2) is 9.97 Å². The monoisotopic (exact) mass is 440 g/mol. The Kier molecular flexibility index (Phi) is 4.29. The molecular formula is C11H16BrN5O5PS+. The summed E-state index contributed by atoms with van der Waals surface area (Å²) in [4.78, 5) is 20.1. The molecule has 1 aromatic rings. The number of alkyl halides is 1. The van der Waals surface area contributed by atoms with Crippen molar-refractivity contribution >= 4 is 52.6 Å².